The van der Waals surface area contributed by atoms with Crippen molar-refractivity contribution in [2.24, 2.45) is 0 Å². The smallest absolute Gasteiger partial charge is 0.0837 e. The molecule has 2 rings (SSSR count). The minimum atomic E-state index is -0.223. The van der Waals surface area contributed by atoms with Gasteiger partial charge in [0.05, 0.1) is 18.3 Å². The molecule has 0 aromatic heterocycles. The molecule has 3 heteroatoms. The molecule has 3 nitrogen and oxygen atoms in total. The summed E-state index contributed by atoms with van der Waals surface area (Å²) < 4.78 is 6.17. The van der Waals surface area contributed by atoms with Gasteiger partial charge in [0.2, 0.25) is 0 Å². The molecule has 0 aromatic carbocycles. The fourth-order valence-electron chi connectivity index (χ4n) is 3.35. The predicted molar refractivity (Wildman–Crippen MR) is 73.7 cm³/mol. The number of hydrogen-bond donors (Lipinski definition) is 2. The van der Waals surface area contributed by atoms with Crippen molar-refractivity contribution in [1.29, 1.82) is 0 Å². The molecule has 2 atom stereocenters. The molecule has 2 aliphatic rings. The maximum absolute atomic E-state index is 10.1. The van der Waals surface area contributed by atoms with E-state index in [9.17, 15) is 5.11 Å². The Bertz CT molecular complexity index is 227. The van der Waals surface area contributed by atoms with E-state index in [1.807, 2.05) is 0 Å². The van der Waals surface area contributed by atoms with Crippen LogP contribution < -0.4 is 5.32 Å². The fraction of sp³-hybridized carbons (Fsp3) is 1.00. The highest BCUT2D eigenvalue weighted by Gasteiger charge is 2.28. The van der Waals surface area contributed by atoms with Gasteiger partial charge in [-0.2, -0.15) is 0 Å². The normalized spacial score (nSPS) is 38.3. The number of aliphatic hydroxyl groups excluding tert-OH is 1. The molecule has 2 N–H and O–H groups in total. The Morgan fingerprint density at radius 3 is 2.44 bits per heavy atom. The molecule has 106 valence electrons. The molecule has 0 saturated heterocycles. The third-order valence-electron chi connectivity index (χ3n) is 4.45. The lowest BCUT2D eigenvalue weighted by atomic mass is 9.92. The molecule has 2 aliphatic carbocycles. The summed E-state index contributed by atoms with van der Waals surface area (Å²) >= 11 is 0. The van der Waals surface area contributed by atoms with Crippen LogP contribution in [0.25, 0.3) is 0 Å². The van der Waals surface area contributed by atoms with Crippen LogP contribution in [0.2, 0.25) is 0 Å². The number of ether oxygens (including phenoxy) is 1. The summed E-state index contributed by atoms with van der Waals surface area (Å²) in [6.45, 7) is 3.24. The zero-order chi connectivity index (χ0) is 12.8. The first kappa shape index (κ1) is 14.3. The van der Waals surface area contributed by atoms with Crippen LogP contribution in [0.1, 0.15) is 64.7 Å². The Labute approximate surface area is 111 Å². The highest BCUT2D eigenvalue weighted by molar-refractivity contribution is 4.80. The Morgan fingerprint density at radius 1 is 1.00 bits per heavy atom. The highest BCUT2D eigenvalue weighted by Crippen LogP contribution is 2.27. The van der Waals surface area contributed by atoms with Gasteiger partial charge in [-0.05, 0) is 45.1 Å². The first-order valence-corrected chi connectivity index (χ1v) is 7.86. The number of hydrogen-bond acceptors (Lipinski definition) is 3. The summed E-state index contributed by atoms with van der Waals surface area (Å²) in [6, 6.07) is 0.689. The van der Waals surface area contributed by atoms with E-state index in [4.69, 9.17) is 4.74 Å². The van der Waals surface area contributed by atoms with Gasteiger partial charge in [0.15, 0.2) is 0 Å². The average Bonchev–Trinajstić information content (AvgIpc) is 2.58. The number of aliphatic hydroxyl groups is 1. The van der Waals surface area contributed by atoms with E-state index in [0.29, 0.717) is 12.1 Å². The van der Waals surface area contributed by atoms with E-state index < -0.39 is 0 Å². The second-order valence-electron chi connectivity index (χ2n) is 5.91. The molecule has 2 saturated carbocycles. The Kier molecular flexibility index (Phi) is 5.93. The monoisotopic (exact) mass is 255 g/mol. The van der Waals surface area contributed by atoms with Crippen LogP contribution in [0.15, 0.2) is 0 Å². The lowest BCUT2D eigenvalue weighted by molar-refractivity contribution is -0.0909. The molecule has 0 amide bonds. The second kappa shape index (κ2) is 7.46. The SMILES string of the molecule is CCNC1CCC(OC2CCCCCC2O)CC1. The quantitative estimate of drug-likeness (QED) is 0.759. The van der Waals surface area contributed by atoms with Gasteiger partial charge in [-0.3, -0.25) is 0 Å². The van der Waals surface area contributed by atoms with Gasteiger partial charge < -0.3 is 15.2 Å². The largest absolute Gasteiger partial charge is 0.390 e. The predicted octanol–water partition coefficient (Wildman–Crippen LogP) is 2.62. The van der Waals surface area contributed by atoms with Gasteiger partial charge in [0.1, 0.15) is 0 Å². The summed E-state index contributed by atoms with van der Waals surface area (Å²) in [5, 5.41) is 13.6. The maximum Gasteiger partial charge on any atom is 0.0837 e. The highest BCUT2D eigenvalue weighted by atomic mass is 16.5. The summed E-state index contributed by atoms with van der Waals surface area (Å²) in [7, 11) is 0. The molecule has 0 aromatic rings. The standard InChI is InChI=1S/C15H29NO2/c1-2-16-12-8-10-13(11-9-12)18-15-7-5-3-4-6-14(15)17/h12-17H,2-11H2,1H3. The van der Waals surface area contributed by atoms with E-state index in [1.165, 1.54) is 25.7 Å². The molecule has 18 heavy (non-hydrogen) atoms. The molecule has 2 unspecified atom stereocenters. The van der Waals surface area contributed by atoms with Crippen LogP contribution in [0, 0.1) is 0 Å². The summed E-state index contributed by atoms with van der Waals surface area (Å²) in [5.41, 5.74) is 0. The lowest BCUT2D eigenvalue weighted by Crippen LogP contribution is -2.38. The molecule has 2 fully saturated rings. The van der Waals surface area contributed by atoms with Crippen molar-refractivity contribution in [3.05, 3.63) is 0 Å². The lowest BCUT2D eigenvalue weighted by Gasteiger charge is -2.33. The van der Waals surface area contributed by atoms with Crippen molar-refractivity contribution >= 4 is 0 Å². The van der Waals surface area contributed by atoms with Crippen LogP contribution >= 0.6 is 0 Å². The van der Waals surface area contributed by atoms with Crippen molar-refractivity contribution in [2.75, 3.05) is 6.54 Å². The Balaban J connectivity index is 1.73. The van der Waals surface area contributed by atoms with Crippen molar-refractivity contribution in [2.45, 2.75) is 89.1 Å². The average molecular weight is 255 g/mol. The van der Waals surface area contributed by atoms with Crippen molar-refractivity contribution in [3.63, 3.8) is 0 Å². The van der Waals surface area contributed by atoms with E-state index in [-0.39, 0.29) is 12.2 Å². The van der Waals surface area contributed by atoms with Gasteiger partial charge in [-0.1, -0.05) is 26.2 Å². The third kappa shape index (κ3) is 4.22. The van der Waals surface area contributed by atoms with Crippen LogP contribution in [0.5, 0.6) is 0 Å². The Hall–Kier alpha value is -0.120. The van der Waals surface area contributed by atoms with E-state index in [0.717, 1.165) is 38.6 Å². The zero-order valence-electron chi connectivity index (χ0n) is 11.7. The summed E-state index contributed by atoms with van der Waals surface area (Å²) in [5.74, 6) is 0. The topological polar surface area (TPSA) is 41.5 Å². The van der Waals surface area contributed by atoms with Crippen LogP contribution in [-0.4, -0.2) is 36.0 Å². The van der Waals surface area contributed by atoms with Gasteiger partial charge in [0, 0.05) is 6.04 Å². The van der Waals surface area contributed by atoms with Crippen molar-refractivity contribution in [1.82, 2.24) is 5.32 Å². The molecule has 0 radical (unpaired) electrons. The van der Waals surface area contributed by atoms with Crippen LogP contribution in [0.3, 0.4) is 0 Å². The number of nitrogens with one attached hydrogen (secondary N) is 1. The summed E-state index contributed by atoms with van der Waals surface area (Å²) in [4.78, 5) is 0. The van der Waals surface area contributed by atoms with E-state index in [1.54, 1.807) is 0 Å². The molecule has 0 heterocycles. The van der Waals surface area contributed by atoms with Crippen molar-refractivity contribution in [3.8, 4) is 0 Å². The Morgan fingerprint density at radius 2 is 1.72 bits per heavy atom. The molecule has 0 spiro atoms. The minimum Gasteiger partial charge on any atom is -0.390 e. The van der Waals surface area contributed by atoms with E-state index in [2.05, 4.69) is 12.2 Å². The third-order valence-corrected chi connectivity index (χ3v) is 4.45. The summed E-state index contributed by atoms with van der Waals surface area (Å²) in [6.07, 6.45) is 10.6. The zero-order valence-corrected chi connectivity index (χ0v) is 11.7. The van der Waals surface area contributed by atoms with Gasteiger partial charge in [-0.25, -0.2) is 0 Å². The first-order valence-electron chi connectivity index (χ1n) is 7.86. The first-order chi connectivity index (χ1) is 8.79. The van der Waals surface area contributed by atoms with Crippen LogP contribution in [0.4, 0.5) is 0 Å². The number of rotatable bonds is 4. The molecular formula is C15H29NO2. The van der Waals surface area contributed by atoms with Gasteiger partial charge in [-0.15, -0.1) is 0 Å². The minimum absolute atomic E-state index is 0.105. The van der Waals surface area contributed by atoms with E-state index >= 15 is 0 Å². The molecule has 0 aliphatic heterocycles. The maximum atomic E-state index is 10.1. The van der Waals surface area contributed by atoms with Gasteiger partial charge >= 0.3 is 0 Å². The van der Waals surface area contributed by atoms with Crippen molar-refractivity contribution < 1.29 is 9.84 Å². The fourth-order valence-corrected chi connectivity index (χ4v) is 3.35. The second-order valence-corrected chi connectivity index (χ2v) is 5.91. The molecule has 0 bridgehead atoms. The molecular weight excluding hydrogens is 226 g/mol. The van der Waals surface area contributed by atoms with Crippen LogP contribution in [-0.2, 0) is 4.74 Å². The van der Waals surface area contributed by atoms with Gasteiger partial charge in [0.25, 0.3) is 0 Å².